The number of benzene rings is 2. The molecule has 0 N–H and O–H groups in total. The third-order valence-corrected chi connectivity index (χ3v) is 3.25. The molecule has 0 atom stereocenters. The smallest absolute Gasteiger partial charge is 0.0160 e. The second-order valence-corrected chi connectivity index (χ2v) is 4.48. The van der Waals surface area contributed by atoms with E-state index < -0.39 is 0 Å². The molecular formula is C14H14S. The lowest BCUT2D eigenvalue weighted by Crippen LogP contribution is -1.76. The van der Waals surface area contributed by atoms with Gasteiger partial charge in [0.2, 0.25) is 0 Å². The molecule has 0 spiro atoms. The Labute approximate surface area is 95.0 Å². The van der Waals surface area contributed by atoms with E-state index in [1.807, 2.05) is 11.8 Å². The van der Waals surface area contributed by atoms with Crippen LogP contribution in [0.15, 0.2) is 59.5 Å². The minimum Gasteiger partial charge on any atom is -0.122 e. The number of hydrogen-bond acceptors (Lipinski definition) is 1. The molecule has 0 bridgehead atoms. The fourth-order valence-electron chi connectivity index (χ4n) is 1.50. The first-order chi connectivity index (χ1) is 7.40. The van der Waals surface area contributed by atoms with Crippen molar-refractivity contribution in [3.63, 3.8) is 0 Å². The van der Waals surface area contributed by atoms with E-state index in [0.717, 1.165) is 5.75 Å². The average molecular weight is 214 g/mol. The predicted molar refractivity (Wildman–Crippen MR) is 69.5 cm³/mol. The molecule has 0 saturated carbocycles. The lowest BCUT2D eigenvalue weighted by molar-refractivity contribution is 1.50. The highest BCUT2D eigenvalue weighted by Crippen LogP contribution is 2.23. The molecule has 76 valence electrons. The highest BCUT2D eigenvalue weighted by Gasteiger charge is 1.95. The van der Waals surface area contributed by atoms with Crippen LogP contribution >= 0.6 is 11.8 Å². The molecule has 0 fully saturated rings. The average Bonchev–Trinajstić information content (AvgIpc) is 2.29. The summed E-state index contributed by atoms with van der Waals surface area (Å²) in [6.07, 6.45) is 4.27. The minimum atomic E-state index is 1.05. The van der Waals surface area contributed by atoms with E-state index in [1.165, 1.54) is 15.7 Å². The van der Waals surface area contributed by atoms with Gasteiger partial charge in [-0.1, -0.05) is 42.5 Å². The summed E-state index contributed by atoms with van der Waals surface area (Å²) in [7, 11) is 0. The Hall–Kier alpha value is -1.21. The van der Waals surface area contributed by atoms with Gasteiger partial charge in [-0.25, -0.2) is 0 Å². The fraction of sp³-hybridized carbons (Fsp3) is 0.143. The van der Waals surface area contributed by atoms with E-state index in [2.05, 4.69) is 61.5 Å². The van der Waals surface area contributed by atoms with Crippen LogP contribution < -0.4 is 0 Å². The third-order valence-electron chi connectivity index (χ3n) is 2.30. The molecule has 0 aromatic heterocycles. The van der Waals surface area contributed by atoms with Crippen LogP contribution in [0.3, 0.4) is 0 Å². The Balaban J connectivity index is 2.23. The Kier molecular flexibility index (Phi) is 3.46. The SMILES string of the molecule is C/C=C/CSc1ccc2ccccc2c1. The Morgan fingerprint density at radius 1 is 1.07 bits per heavy atom. The van der Waals surface area contributed by atoms with E-state index in [9.17, 15) is 0 Å². The number of rotatable bonds is 3. The van der Waals surface area contributed by atoms with Crippen LogP contribution in [0.5, 0.6) is 0 Å². The van der Waals surface area contributed by atoms with Gasteiger partial charge in [-0.05, 0) is 29.8 Å². The molecule has 0 unspecified atom stereocenters. The predicted octanol–water partition coefficient (Wildman–Crippen LogP) is 4.51. The zero-order valence-corrected chi connectivity index (χ0v) is 9.63. The van der Waals surface area contributed by atoms with Crippen LogP contribution in [0, 0.1) is 0 Å². The van der Waals surface area contributed by atoms with Crippen LogP contribution in [0.1, 0.15) is 6.92 Å². The summed E-state index contributed by atoms with van der Waals surface area (Å²) in [6.45, 7) is 2.06. The summed E-state index contributed by atoms with van der Waals surface area (Å²) < 4.78 is 0. The van der Waals surface area contributed by atoms with Gasteiger partial charge >= 0.3 is 0 Å². The van der Waals surface area contributed by atoms with Gasteiger partial charge in [0.05, 0.1) is 0 Å². The van der Waals surface area contributed by atoms with Crippen LogP contribution in [0.25, 0.3) is 10.8 Å². The van der Waals surface area contributed by atoms with Crippen molar-refractivity contribution in [3.8, 4) is 0 Å². The van der Waals surface area contributed by atoms with Gasteiger partial charge in [0, 0.05) is 10.6 Å². The number of hydrogen-bond donors (Lipinski definition) is 0. The van der Waals surface area contributed by atoms with Crippen molar-refractivity contribution in [3.05, 3.63) is 54.6 Å². The van der Waals surface area contributed by atoms with Crippen molar-refractivity contribution < 1.29 is 0 Å². The van der Waals surface area contributed by atoms with Crippen molar-refractivity contribution in [1.29, 1.82) is 0 Å². The molecule has 0 nitrogen and oxygen atoms in total. The Morgan fingerprint density at radius 2 is 1.87 bits per heavy atom. The topological polar surface area (TPSA) is 0 Å². The minimum absolute atomic E-state index is 1.05. The van der Waals surface area contributed by atoms with Gasteiger partial charge in [0.1, 0.15) is 0 Å². The first-order valence-corrected chi connectivity index (χ1v) is 6.11. The van der Waals surface area contributed by atoms with Crippen molar-refractivity contribution >= 4 is 22.5 Å². The molecule has 15 heavy (non-hydrogen) atoms. The molecule has 2 rings (SSSR count). The number of allylic oxidation sites excluding steroid dienone is 1. The normalized spacial score (nSPS) is 11.3. The molecular weight excluding hydrogens is 200 g/mol. The van der Waals surface area contributed by atoms with E-state index in [1.54, 1.807) is 0 Å². The molecule has 0 amide bonds. The van der Waals surface area contributed by atoms with Gasteiger partial charge in [-0.3, -0.25) is 0 Å². The molecule has 0 heterocycles. The fourth-order valence-corrected chi connectivity index (χ4v) is 2.35. The molecule has 0 saturated heterocycles. The number of thioether (sulfide) groups is 1. The van der Waals surface area contributed by atoms with Crippen LogP contribution in [0.4, 0.5) is 0 Å². The van der Waals surface area contributed by atoms with Crippen LogP contribution in [-0.2, 0) is 0 Å². The van der Waals surface area contributed by atoms with Gasteiger partial charge < -0.3 is 0 Å². The summed E-state index contributed by atoms with van der Waals surface area (Å²) in [5.41, 5.74) is 0. The zero-order valence-electron chi connectivity index (χ0n) is 8.81. The molecule has 0 radical (unpaired) electrons. The van der Waals surface area contributed by atoms with E-state index in [-0.39, 0.29) is 0 Å². The standard InChI is InChI=1S/C14H14S/c1-2-3-10-15-14-9-8-12-6-4-5-7-13(12)11-14/h2-9,11H,10H2,1H3/b3-2+. The van der Waals surface area contributed by atoms with Gasteiger partial charge in [0.25, 0.3) is 0 Å². The van der Waals surface area contributed by atoms with Gasteiger partial charge in [0.15, 0.2) is 0 Å². The monoisotopic (exact) mass is 214 g/mol. The zero-order chi connectivity index (χ0) is 10.5. The maximum absolute atomic E-state index is 2.25. The van der Waals surface area contributed by atoms with Gasteiger partial charge in [-0.15, -0.1) is 11.8 Å². The first-order valence-electron chi connectivity index (χ1n) is 5.13. The summed E-state index contributed by atoms with van der Waals surface area (Å²) in [5.74, 6) is 1.05. The van der Waals surface area contributed by atoms with Crippen molar-refractivity contribution in [2.24, 2.45) is 0 Å². The van der Waals surface area contributed by atoms with Crippen molar-refractivity contribution in [1.82, 2.24) is 0 Å². The second-order valence-electron chi connectivity index (χ2n) is 3.39. The van der Waals surface area contributed by atoms with E-state index in [0.29, 0.717) is 0 Å². The summed E-state index contributed by atoms with van der Waals surface area (Å²) in [6, 6.07) is 15.1. The highest BCUT2D eigenvalue weighted by molar-refractivity contribution is 7.99. The van der Waals surface area contributed by atoms with E-state index >= 15 is 0 Å². The van der Waals surface area contributed by atoms with Crippen molar-refractivity contribution in [2.45, 2.75) is 11.8 Å². The van der Waals surface area contributed by atoms with Crippen LogP contribution in [-0.4, -0.2) is 5.75 Å². The maximum atomic E-state index is 2.25. The third kappa shape index (κ3) is 2.63. The summed E-state index contributed by atoms with van der Waals surface area (Å²) in [4.78, 5) is 1.34. The largest absolute Gasteiger partial charge is 0.122 e. The molecule has 0 aliphatic rings. The Morgan fingerprint density at radius 3 is 2.67 bits per heavy atom. The van der Waals surface area contributed by atoms with Gasteiger partial charge in [-0.2, -0.15) is 0 Å². The number of fused-ring (bicyclic) bond motifs is 1. The molecule has 1 heteroatoms. The second kappa shape index (κ2) is 5.04. The Bertz CT molecular complexity index is 471. The molecule has 2 aromatic rings. The molecule has 2 aromatic carbocycles. The summed E-state index contributed by atoms with van der Waals surface area (Å²) in [5, 5.41) is 2.64. The lowest BCUT2D eigenvalue weighted by atomic mass is 10.1. The highest BCUT2D eigenvalue weighted by atomic mass is 32.2. The lowest BCUT2D eigenvalue weighted by Gasteiger charge is -2.01. The summed E-state index contributed by atoms with van der Waals surface area (Å²) >= 11 is 1.87. The first kappa shape index (κ1) is 10.3. The molecule has 0 aliphatic heterocycles. The van der Waals surface area contributed by atoms with Crippen LogP contribution in [0.2, 0.25) is 0 Å². The van der Waals surface area contributed by atoms with E-state index in [4.69, 9.17) is 0 Å². The molecule has 0 aliphatic carbocycles. The maximum Gasteiger partial charge on any atom is 0.0160 e. The van der Waals surface area contributed by atoms with Crippen molar-refractivity contribution in [2.75, 3.05) is 5.75 Å². The quantitative estimate of drug-likeness (QED) is 0.535.